The summed E-state index contributed by atoms with van der Waals surface area (Å²) in [4.78, 5) is 10.3. The molecule has 2 aromatic rings. The van der Waals surface area contributed by atoms with Gasteiger partial charge < -0.3 is 19.8 Å². The third-order valence-electron chi connectivity index (χ3n) is 4.06. The minimum atomic E-state index is 0.271. The molecular formula is C18H26N4O2S. The van der Waals surface area contributed by atoms with Crippen LogP contribution in [0.4, 0.5) is 0 Å². The number of aryl methyl sites for hydroxylation is 1. The molecule has 2 N–H and O–H groups in total. The van der Waals surface area contributed by atoms with Gasteiger partial charge >= 0.3 is 0 Å². The predicted octanol–water partition coefficient (Wildman–Crippen LogP) is 2.89. The molecule has 1 atom stereocenters. The highest BCUT2D eigenvalue weighted by atomic mass is 32.1. The second kappa shape index (κ2) is 9.58. The zero-order valence-electron chi connectivity index (χ0n) is 14.7. The maximum atomic E-state index is 5.79. The van der Waals surface area contributed by atoms with E-state index >= 15 is 0 Å². The zero-order chi connectivity index (χ0) is 17.3. The molecule has 0 amide bonds. The van der Waals surface area contributed by atoms with Crippen molar-refractivity contribution >= 4 is 17.3 Å². The van der Waals surface area contributed by atoms with E-state index < -0.39 is 0 Å². The summed E-state index contributed by atoms with van der Waals surface area (Å²) in [5, 5.41) is 7.81. The number of rotatable bonds is 7. The number of ether oxygens (including phenoxy) is 1. The zero-order valence-corrected chi connectivity index (χ0v) is 15.5. The molecule has 1 aliphatic rings. The first kappa shape index (κ1) is 17.9. The number of thiazole rings is 1. The maximum Gasteiger partial charge on any atom is 0.191 e. The fourth-order valence-corrected chi connectivity index (χ4v) is 3.44. The van der Waals surface area contributed by atoms with E-state index in [-0.39, 0.29) is 6.10 Å². The minimum absolute atomic E-state index is 0.271. The van der Waals surface area contributed by atoms with Gasteiger partial charge in [0.2, 0.25) is 0 Å². The van der Waals surface area contributed by atoms with Gasteiger partial charge in [0.05, 0.1) is 18.9 Å². The molecular weight excluding hydrogens is 336 g/mol. The van der Waals surface area contributed by atoms with Gasteiger partial charge in [-0.05, 0) is 38.3 Å². The van der Waals surface area contributed by atoms with E-state index in [1.807, 2.05) is 18.3 Å². The summed E-state index contributed by atoms with van der Waals surface area (Å²) in [5.74, 6) is 1.77. The first-order valence-corrected chi connectivity index (χ1v) is 9.69. The maximum absolute atomic E-state index is 5.79. The standard InChI is InChI=1S/C18H26N4O2S/c1-14-11-20-17(25-14)13-22-18(19-8-7-15-6-4-10-23-15)21-12-16-5-2-3-9-24-16/h4,6,10-11,16H,2-3,5,7-9,12-13H2,1H3,(H2,19,21,22). The Morgan fingerprint density at radius 2 is 2.36 bits per heavy atom. The van der Waals surface area contributed by atoms with Crippen LogP contribution in [-0.4, -0.2) is 36.7 Å². The van der Waals surface area contributed by atoms with Crippen molar-refractivity contribution in [2.75, 3.05) is 19.7 Å². The van der Waals surface area contributed by atoms with Crippen molar-refractivity contribution in [1.29, 1.82) is 0 Å². The van der Waals surface area contributed by atoms with Crippen molar-refractivity contribution in [2.24, 2.45) is 4.99 Å². The Bertz CT molecular complexity index is 648. The molecule has 0 aliphatic carbocycles. The number of aromatic nitrogens is 1. The summed E-state index contributed by atoms with van der Waals surface area (Å²) in [6.07, 6.45) is 8.21. The lowest BCUT2D eigenvalue weighted by molar-refractivity contribution is 0.0194. The molecule has 0 aromatic carbocycles. The third-order valence-corrected chi connectivity index (χ3v) is 4.95. The van der Waals surface area contributed by atoms with E-state index in [9.17, 15) is 0 Å². The number of aliphatic imine (C=N–C) groups is 1. The van der Waals surface area contributed by atoms with Gasteiger partial charge in [-0.3, -0.25) is 0 Å². The molecule has 3 heterocycles. The molecule has 2 aromatic heterocycles. The summed E-state index contributed by atoms with van der Waals surface area (Å²) >= 11 is 1.68. The molecule has 136 valence electrons. The fourth-order valence-electron chi connectivity index (χ4n) is 2.73. The Kier molecular flexibility index (Phi) is 6.88. The van der Waals surface area contributed by atoms with Crippen LogP contribution in [-0.2, 0) is 17.7 Å². The van der Waals surface area contributed by atoms with Crippen molar-refractivity contribution in [3.8, 4) is 0 Å². The van der Waals surface area contributed by atoms with Crippen LogP contribution in [0.25, 0.3) is 0 Å². The number of hydrogen-bond donors (Lipinski definition) is 2. The summed E-state index contributed by atoms with van der Waals surface area (Å²) < 4.78 is 11.2. The topological polar surface area (TPSA) is 71.7 Å². The summed E-state index contributed by atoms with van der Waals surface area (Å²) in [6.45, 7) is 5.06. The second-order valence-corrected chi connectivity index (χ2v) is 7.47. The Morgan fingerprint density at radius 3 is 3.08 bits per heavy atom. The lowest BCUT2D eigenvalue weighted by Crippen LogP contribution is -2.43. The van der Waals surface area contributed by atoms with Crippen molar-refractivity contribution < 1.29 is 9.15 Å². The largest absolute Gasteiger partial charge is 0.469 e. The van der Waals surface area contributed by atoms with Gasteiger partial charge in [-0.15, -0.1) is 11.3 Å². The highest BCUT2D eigenvalue weighted by Crippen LogP contribution is 2.13. The number of nitrogens with zero attached hydrogens (tertiary/aromatic N) is 2. The number of nitrogens with one attached hydrogen (secondary N) is 2. The molecule has 7 heteroatoms. The van der Waals surface area contributed by atoms with Gasteiger partial charge in [0.1, 0.15) is 10.8 Å². The lowest BCUT2D eigenvalue weighted by atomic mass is 10.1. The average molecular weight is 362 g/mol. The van der Waals surface area contributed by atoms with Crippen LogP contribution in [0.1, 0.15) is 34.9 Å². The van der Waals surface area contributed by atoms with Crippen LogP contribution in [0, 0.1) is 6.92 Å². The highest BCUT2D eigenvalue weighted by molar-refractivity contribution is 7.11. The van der Waals surface area contributed by atoms with Crippen molar-refractivity contribution in [3.05, 3.63) is 40.2 Å². The van der Waals surface area contributed by atoms with Crippen molar-refractivity contribution in [1.82, 2.24) is 15.6 Å². The average Bonchev–Trinajstić information content (AvgIpc) is 3.29. The van der Waals surface area contributed by atoms with Crippen LogP contribution in [0.5, 0.6) is 0 Å². The van der Waals surface area contributed by atoms with Gasteiger partial charge in [-0.1, -0.05) is 0 Å². The molecule has 25 heavy (non-hydrogen) atoms. The SMILES string of the molecule is Cc1cnc(CN=C(NCCc2ccco2)NCC2CCCCO2)s1. The van der Waals surface area contributed by atoms with Gasteiger partial charge in [-0.25, -0.2) is 9.98 Å². The molecule has 1 aliphatic heterocycles. The minimum Gasteiger partial charge on any atom is -0.469 e. The summed E-state index contributed by atoms with van der Waals surface area (Å²) in [6, 6.07) is 3.90. The van der Waals surface area contributed by atoms with E-state index in [0.717, 1.165) is 49.3 Å². The molecule has 0 saturated carbocycles. The molecule has 6 nitrogen and oxygen atoms in total. The van der Waals surface area contributed by atoms with E-state index in [4.69, 9.17) is 9.15 Å². The van der Waals surface area contributed by atoms with Crippen LogP contribution in [0.3, 0.4) is 0 Å². The molecule has 0 spiro atoms. The molecule has 0 radical (unpaired) electrons. The summed E-state index contributed by atoms with van der Waals surface area (Å²) in [5.41, 5.74) is 0. The van der Waals surface area contributed by atoms with Gasteiger partial charge in [0.15, 0.2) is 5.96 Å². The number of furan rings is 1. The van der Waals surface area contributed by atoms with Gasteiger partial charge in [0, 0.05) is 37.2 Å². The first-order chi connectivity index (χ1) is 12.3. The third kappa shape index (κ3) is 6.17. The van der Waals surface area contributed by atoms with E-state index in [0.29, 0.717) is 6.54 Å². The van der Waals surface area contributed by atoms with Crippen LogP contribution in [0.15, 0.2) is 34.0 Å². The van der Waals surface area contributed by atoms with E-state index in [1.54, 1.807) is 17.6 Å². The van der Waals surface area contributed by atoms with E-state index in [1.165, 1.54) is 17.7 Å². The molecule has 1 unspecified atom stereocenters. The van der Waals surface area contributed by atoms with Crippen LogP contribution in [0.2, 0.25) is 0 Å². The number of hydrogen-bond acceptors (Lipinski definition) is 5. The normalized spacial score (nSPS) is 18.3. The second-order valence-electron chi connectivity index (χ2n) is 6.16. The smallest absolute Gasteiger partial charge is 0.191 e. The Balaban J connectivity index is 1.51. The predicted molar refractivity (Wildman–Crippen MR) is 100.0 cm³/mol. The quantitative estimate of drug-likeness (QED) is 0.585. The van der Waals surface area contributed by atoms with Crippen LogP contribution < -0.4 is 10.6 Å². The van der Waals surface area contributed by atoms with Crippen LogP contribution >= 0.6 is 11.3 Å². The number of guanidine groups is 1. The molecule has 3 rings (SSSR count). The van der Waals surface area contributed by atoms with E-state index in [2.05, 4.69) is 27.5 Å². The monoisotopic (exact) mass is 362 g/mol. The first-order valence-electron chi connectivity index (χ1n) is 8.87. The molecule has 1 fully saturated rings. The Hall–Kier alpha value is -1.86. The van der Waals surface area contributed by atoms with Crippen molar-refractivity contribution in [3.63, 3.8) is 0 Å². The molecule has 1 saturated heterocycles. The highest BCUT2D eigenvalue weighted by Gasteiger charge is 2.14. The Morgan fingerprint density at radius 1 is 1.40 bits per heavy atom. The molecule has 0 bridgehead atoms. The van der Waals surface area contributed by atoms with Gasteiger partial charge in [0.25, 0.3) is 0 Å². The van der Waals surface area contributed by atoms with Gasteiger partial charge in [-0.2, -0.15) is 0 Å². The summed E-state index contributed by atoms with van der Waals surface area (Å²) in [7, 11) is 0. The van der Waals surface area contributed by atoms with Crippen molar-refractivity contribution in [2.45, 2.75) is 45.3 Å². The lowest BCUT2D eigenvalue weighted by Gasteiger charge is -2.23. The fraction of sp³-hybridized carbons (Fsp3) is 0.556. The Labute approximate surface area is 152 Å².